The maximum absolute atomic E-state index is 12.9. The third kappa shape index (κ3) is 1.95. The molecule has 0 aromatic heterocycles. The lowest BCUT2D eigenvalue weighted by Gasteiger charge is -2.66. The first kappa shape index (κ1) is 19.3. The van der Waals surface area contributed by atoms with Crippen molar-refractivity contribution in [3.63, 3.8) is 0 Å². The molecular weight excluding hydrogens is 374 g/mol. The van der Waals surface area contributed by atoms with Crippen molar-refractivity contribution in [2.75, 3.05) is 13.6 Å². The molecule has 2 bridgehead atoms. The molecule has 158 valence electrons. The van der Waals surface area contributed by atoms with Crippen LogP contribution < -0.4 is 4.74 Å². The standard InChI is InChI=1S/C21H25NO6.CH3/c1-22(9-10-2-3-10)14-6-11-4-5-12(23)18-17(11)20(8-16(22)26)19(28-18)13(24)7-15(25)21(14,20)27;/h4-5,10,14-16,19,25-27H,2-3,6-9H2,1H3;1H3/q;-1/p+1/t14-,15?,16?,19+,20+,21+,22-;/m1./s1. The average molecular weight is 403 g/mol. The number of likely N-dealkylation sites (tertiary alicyclic amines) is 1. The molecule has 7 atom stereocenters. The molecule has 4 N–H and O–H groups in total. The number of ether oxygens (including phenoxy) is 1. The summed E-state index contributed by atoms with van der Waals surface area (Å²) in [6.45, 7) is 0.747. The molecule has 29 heavy (non-hydrogen) atoms. The van der Waals surface area contributed by atoms with Crippen molar-refractivity contribution in [2.24, 2.45) is 5.92 Å². The normalized spacial score (nSPS) is 46.6. The van der Waals surface area contributed by atoms with E-state index in [9.17, 15) is 25.2 Å². The third-order valence-corrected chi connectivity index (χ3v) is 8.43. The first-order valence-electron chi connectivity index (χ1n) is 10.2. The topological polar surface area (TPSA) is 107 Å². The zero-order valence-electron chi connectivity index (χ0n) is 16.8. The lowest BCUT2D eigenvalue weighted by atomic mass is 9.47. The van der Waals surface area contributed by atoms with E-state index in [4.69, 9.17) is 4.74 Å². The van der Waals surface area contributed by atoms with Crippen LogP contribution in [0.1, 0.15) is 36.8 Å². The summed E-state index contributed by atoms with van der Waals surface area (Å²) < 4.78 is 6.23. The van der Waals surface area contributed by atoms with Crippen LogP contribution in [-0.2, 0) is 16.6 Å². The minimum Gasteiger partial charge on any atom is -0.504 e. The van der Waals surface area contributed by atoms with Crippen LogP contribution in [0.4, 0.5) is 0 Å². The van der Waals surface area contributed by atoms with Crippen molar-refractivity contribution in [2.45, 2.75) is 67.6 Å². The number of quaternary nitrogens is 1. The van der Waals surface area contributed by atoms with Crippen LogP contribution in [0.5, 0.6) is 11.5 Å². The number of hydrogen-bond acceptors (Lipinski definition) is 6. The summed E-state index contributed by atoms with van der Waals surface area (Å²) in [7, 11) is 1.97. The third-order valence-electron chi connectivity index (χ3n) is 8.43. The Hall–Kier alpha value is -1.67. The first-order chi connectivity index (χ1) is 13.2. The molecule has 7 heteroatoms. The fraction of sp³-hybridized carbons (Fsp3) is 0.636. The monoisotopic (exact) mass is 403 g/mol. The number of ketones is 1. The predicted molar refractivity (Wildman–Crippen MR) is 103 cm³/mol. The Morgan fingerprint density at radius 2 is 1.97 bits per heavy atom. The van der Waals surface area contributed by atoms with E-state index in [0.29, 0.717) is 17.9 Å². The van der Waals surface area contributed by atoms with Gasteiger partial charge in [0.2, 0.25) is 0 Å². The Balaban J connectivity index is 0.00000181. The van der Waals surface area contributed by atoms with Gasteiger partial charge in [-0.3, -0.25) is 9.28 Å². The average Bonchev–Trinajstić information content (AvgIpc) is 3.37. The van der Waals surface area contributed by atoms with Crippen molar-refractivity contribution in [3.05, 3.63) is 30.7 Å². The van der Waals surface area contributed by atoms with Crippen molar-refractivity contribution >= 4 is 5.78 Å². The van der Waals surface area contributed by atoms with Crippen LogP contribution in [0.2, 0.25) is 0 Å². The van der Waals surface area contributed by atoms with E-state index in [-0.39, 0.29) is 42.0 Å². The summed E-state index contributed by atoms with van der Waals surface area (Å²) >= 11 is 0. The molecule has 2 aliphatic heterocycles. The number of nitrogens with zero attached hydrogens (tertiary/aromatic N) is 1. The zero-order valence-corrected chi connectivity index (χ0v) is 16.8. The highest BCUT2D eigenvalue weighted by Crippen LogP contribution is 2.66. The van der Waals surface area contributed by atoms with E-state index in [1.165, 1.54) is 0 Å². The number of benzene rings is 1. The Morgan fingerprint density at radius 1 is 1.24 bits per heavy atom. The highest BCUT2D eigenvalue weighted by atomic mass is 16.5. The van der Waals surface area contributed by atoms with Crippen LogP contribution in [0, 0.1) is 13.3 Å². The van der Waals surface area contributed by atoms with E-state index >= 15 is 0 Å². The molecule has 3 aliphatic carbocycles. The molecule has 6 rings (SSSR count). The van der Waals surface area contributed by atoms with E-state index in [1.54, 1.807) is 6.07 Å². The van der Waals surface area contributed by atoms with E-state index in [1.807, 2.05) is 13.1 Å². The maximum Gasteiger partial charge on any atom is 0.191 e. The van der Waals surface area contributed by atoms with Crippen LogP contribution in [0.3, 0.4) is 0 Å². The van der Waals surface area contributed by atoms with Gasteiger partial charge in [0.1, 0.15) is 6.04 Å². The molecule has 5 aliphatic rings. The van der Waals surface area contributed by atoms with Crippen LogP contribution in [0.25, 0.3) is 0 Å². The second-order valence-corrected chi connectivity index (χ2v) is 9.81. The van der Waals surface area contributed by atoms with Gasteiger partial charge in [-0.2, -0.15) is 0 Å². The Labute approximate surface area is 170 Å². The van der Waals surface area contributed by atoms with Gasteiger partial charge in [-0.15, -0.1) is 0 Å². The van der Waals surface area contributed by atoms with E-state index in [2.05, 4.69) is 0 Å². The molecule has 2 unspecified atom stereocenters. The first-order valence-corrected chi connectivity index (χ1v) is 10.2. The van der Waals surface area contributed by atoms with Gasteiger partial charge in [0, 0.05) is 30.7 Å². The van der Waals surface area contributed by atoms with Crippen molar-refractivity contribution in [3.8, 4) is 11.5 Å². The number of carbonyl (C=O) groups excluding carboxylic acids is 1. The van der Waals surface area contributed by atoms with Crippen molar-refractivity contribution < 1.29 is 34.4 Å². The minimum atomic E-state index is -1.60. The van der Waals surface area contributed by atoms with Gasteiger partial charge < -0.3 is 32.6 Å². The second-order valence-electron chi connectivity index (χ2n) is 9.81. The Kier molecular flexibility index (Phi) is 3.67. The number of aromatic hydroxyl groups is 1. The van der Waals surface area contributed by atoms with Gasteiger partial charge in [0.25, 0.3) is 0 Å². The number of rotatable bonds is 2. The predicted octanol–water partition coefficient (Wildman–Crippen LogP) is 0.409. The molecule has 2 heterocycles. The Bertz CT molecular complexity index is 915. The molecule has 0 amide bonds. The van der Waals surface area contributed by atoms with Gasteiger partial charge >= 0.3 is 0 Å². The quantitative estimate of drug-likeness (QED) is 0.421. The molecule has 1 aromatic rings. The number of phenols is 1. The van der Waals surface area contributed by atoms with Crippen LogP contribution >= 0.6 is 0 Å². The van der Waals surface area contributed by atoms with E-state index in [0.717, 1.165) is 24.9 Å². The number of aliphatic hydroxyl groups excluding tert-OH is 2. The summed E-state index contributed by atoms with van der Waals surface area (Å²) in [5, 5.41) is 45.0. The van der Waals surface area contributed by atoms with E-state index < -0.39 is 35.5 Å². The lowest BCUT2D eigenvalue weighted by Crippen LogP contribution is -2.86. The van der Waals surface area contributed by atoms with Crippen LogP contribution in [-0.4, -0.2) is 74.4 Å². The number of carbonyl (C=O) groups is 1. The largest absolute Gasteiger partial charge is 0.504 e. The fourth-order valence-electron chi connectivity index (χ4n) is 6.97. The molecule has 0 radical (unpaired) electrons. The second kappa shape index (κ2) is 5.52. The molecular formula is C22H29NO6. The molecule has 2 saturated carbocycles. The van der Waals surface area contributed by atoms with Gasteiger partial charge in [0.05, 0.1) is 25.1 Å². The summed E-state index contributed by atoms with van der Waals surface area (Å²) in [4.78, 5) is 12.9. The fourth-order valence-corrected chi connectivity index (χ4v) is 6.97. The zero-order chi connectivity index (χ0) is 19.6. The summed E-state index contributed by atoms with van der Waals surface area (Å²) in [6, 6.07) is 2.96. The number of Topliss-reactive ketones (excluding diaryl/α,β-unsaturated/α-hetero) is 1. The number of phenolic OH excluding ortho intramolecular Hbond substituents is 1. The smallest absolute Gasteiger partial charge is 0.191 e. The number of hydrogen-bond donors (Lipinski definition) is 4. The molecule has 1 aromatic carbocycles. The lowest BCUT2D eigenvalue weighted by molar-refractivity contribution is -0.992. The van der Waals surface area contributed by atoms with Crippen LogP contribution in [0.15, 0.2) is 12.1 Å². The van der Waals surface area contributed by atoms with Crippen molar-refractivity contribution in [1.82, 2.24) is 0 Å². The van der Waals surface area contributed by atoms with Gasteiger partial charge in [0.15, 0.2) is 35.2 Å². The highest BCUT2D eigenvalue weighted by molar-refractivity contribution is 5.90. The van der Waals surface area contributed by atoms with Gasteiger partial charge in [-0.05, 0) is 24.5 Å². The van der Waals surface area contributed by atoms with Gasteiger partial charge in [-0.25, -0.2) is 0 Å². The maximum atomic E-state index is 12.9. The number of likely N-dealkylation sites (N-methyl/N-ethyl adjacent to an activating group) is 1. The van der Waals surface area contributed by atoms with Crippen molar-refractivity contribution in [1.29, 1.82) is 0 Å². The summed E-state index contributed by atoms with van der Waals surface area (Å²) in [6.07, 6.45) is -0.343. The summed E-state index contributed by atoms with van der Waals surface area (Å²) in [5.41, 5.74) is -1.28. The molecule has 1 saturated heterocycles. The number of piperidine rings is 1. The molecule has 7 nitrogen and oxygen atoms in total. The SMILES string of the molecule is C[N@+]1(CC2CC2)C(O)C[C@]23c4c5ccc(O)c4O[C@H]2C(=O)CC(O)[C@@]3(O)[C@H]1C5.[CH3-]. The van der Waals surface area contributed by atoms with Gasteiger partial charge in [-0.1, -0.05) is 6.07 Å². The summed E-state index contributed by atoms with van der Waals surface area (Å²) in [5.74, 6) is 0.394. The minimum absolute atomic E-state index is 0. The molecule has 1 spiro atoms. The highest BCUT2D eigenvalue weighted by Gasteiger charge is 2.81. The number of aliphatic hydroxyl groups is 3. The molecule has 3 fully saturated rings. The Morgan fingerprint density at radius 3 is 2.66 bits per heavy atom.